The van der Waals surface area contributed by atoms with Crippen molar-refractivity contribution in [2.45, 2.75) is 32.2 Å². The van der Waals surface area contributed by atoms with Gasteiger partial charge in [-0.15, -0.1) is 0 Å². The number of hydrogen-bond acceptors (Lipinski definition) is 6. The topological polar surface area (TPSA) is 66.0 Å². The third-order valence-electron chi connectivity index (χ3n) is 2.80. The number of nitrogens with one attached hydrogen (secondary N) is 1. The van der Waals surface area contributed by atoms with E-state index in [0.29, 0.717) is 26.4 Å². The van der Waals surface area contributed by atoms with Crippen LogP contribution in [-0.4, -0.2) is 65.3 Å². The lowest BCUT2D eigenvalue weighted by atomic mass is 10.0. The van der Waals surface area contributed by atoms with Crippen molar-refractivity contribution in [2.24, 2.45) is 0 Å². The van der Waals surface area contributed by atoms with E-state index in [0.717, 1.165) is 19.4 Å². The van der Waals surface area contributed by atoms with Crippen molar-refractivity contribution in [3.8, 4) is 0 Å². The number of rotatable bonds is 13. The van der Waals surface area contributed by atoms with Crippen molar-refractivity contribution in [1.29, 1.82) is 0 Å². The minimum Gasteiger partial charge on any atom is -0.468 e. The third-order valence-corrected chi connectivity index (χ3v) is 2.80. The van der Waals surface area contributed by atoms with E-state index < -0.39 is 5.54 Å². The maximum atomic E-state index is 11.8. The Labute approximate surface area is 122 Å². The largest absolute Gasteiger partial charge is 0.468 e. The van der Waals surface area contributed by atoms with E-state index in [9.17, 15) is 4.79 Å². The van der Waals surface area contributed by atoms with Gasteiger partial charge in [0.25, 0.3) is 0 Å². The fraction of sp³-hybridized carbons (Fsp3) is 0.929. The highest BCUT2D eigenvalue weighted by atomic mass is 16.5. The smallest absolute Gasteiger partial charge is 0.328 e. The van der Waals surface area contributed by atoms with Gasteiger partial charge in [0.1, 0.15) is 5.54 Å². The van der Waals surface area contributed by atoms with Crippen LogP contribution in [-0.2, 0) is 23.7 Å². The van der Waals surface area contributed by atoms with E-state index in [-0.39, 0.29) is 12.6 Å². The number of methoxy groups -OCH3 is 2. The Kier molecular flexibility index (Phi) is 11.7. The fourth-order valence-electron chi connectivity index (χ4n) is 1.61. The summed E-state index contributed by atoms with van der Waals surface area (Å²) in [5.41, 5.74) is -0.805. The van der Waals surface area contributed by atoms with Crippen LogP contribution in [0.3, 0.4) is 0 Å². The summed E-state index contributed by atoms with van der Waals surface area (Å²) < 4.78 is 20.6. The van der Waals surface area contributed by atoms with Crippen LogP contribution >= 0.6 is 0 Å². The van der Waals surface area contributed by atoms with Crippen LogP contribution in [0.15, 0.2) is 0 Å². The van der Waals surface area contributed by atoms with E-state index in [1.165, 1.54) is 7.11 Å². The Hall–Kier alpha value is -0.690. The van der Waals surface area contributed by atoms with Crippen molar-refractivity contribution in [1.82, 2.24) is 5.32 Å². The van der Waals surface area contributed by atoms with Crippen LogP contribution in [0.5, 0.6) is 0 Å². The molecule has 0 saturated carbocycles. The predicted molar refractivity (Wildman–Crippen MR) is 76.8 cm³/mol. The second kappa shape index (κ2) is 12.1. The molecule has 0 aromatic rings. The van der Waals surface area contributed by atoms with Gasteiger partial charge >= 0.3 is 5.97 Å². The summed E-state index contributed by atoms with van der Waals surface area (Å²) in [5.74, 6) is -0.313. The molecule has 0 aliphatic heterocycles. The molecule has 0 aromatic carbocycles. The lowest BCUT2D eigenvalue weighted by Crippen LogP contribution is -2.54. The Balaban J connectivity index is 3.82. The fourth-order valence-corrected chi connectivity index (χ4v) is 1.61. The third kappa shape index (κ3) is 8.47. The zero-order valence-electron chi connectivity index (χ0n) is 13.2. The lowest BCUT2D eigenvalue weighted by molar-refractivity contribution is -0.151. The molecule has 6 heteroatoms. The van der Waals surface area contributed by atoms with Gasteiger partial charge in [-0.1, -0.05) is 6.92 Å². The number of carbonyl (C=O) groups is 1. The van der Waals surface area contributed by atoms with Crippen LogP contribution in [0.2, 0.25) is 0 Å². The van der Waals surface area contributed by atoms with Crippen LogP contribution in [0, 0.1) is 0 Å². The van der Waals surface area contributed by atoms with Crippen LogP contribution in [0.4, 0.5) is 0 Å². The first-order valence-electron chi connectivity index (χ1n) is 7.08. The normalized spacial score (nSPS) is 14.0. The molecular formula is C14H29NO5. The van der Waals surface area contributed by atoms with Crippen molar-refractivity contribution in [3.05, 3.63) is 0 Å². The molecule has 0 aromatic heterocycles. The van der Waals surface area contributed by atoms with Gasteiger partial charge in [0, 0.05) is 20.3 Å². The molecule has 0 spiro atoms. The molecule has 0 saturated heterocycles. The molecule has 0 radical (unpaired) electrons. The molecule has 1 N–H and O–H groups in total. The van der Waals surface area contributed by atoms with Gasteiger partial charge in [0.05, 0.1) is 26.9 Å². The van der Waals surface area contributed by atoms with Gasteiger partial charge in [-0.2, -0.15) is 0 Å². The highest BCUT2D eigenvalue weighted by Gasteiger charge is 2.33. The second-order valence-electron chi connectivity index (χ2n) is 4.76. The molecule has 0 aliphatic carbocycles. The molecule has 0 aliphatic rings. The summed E-state index contributed by atoms with van der Waals surface area (Å²) in [4.78, 5) is 11.8. The number of ether oxygens (including phenoxy) is 4. The van der Waals surface area contributed by atoms with E-state index in [2.05, 4.69) is 5.32 Å². The van der Waals surface area contributed by atoms with Gasteiger partial charge in [-0.3, -0.25) is 0 Å². The molecule has 1 atom stereocenters. The number of esters is 1. The zero-order chi connectivity index (χ0) is 15.3. The van der Waals surface area contributed by atoms with E-state index in [1.54, 1.807) is 14.0 Å². The second-order valence-corrected chi connectivity index (χ2v) is 4.76. The van der Waals surface area contributed by atoms with Crippen molar-refractivity contribution in [2.75, 3.05) is 53.8 Å². The quantitative estimate of drug-likeness (QED) is 0.403. The first-order valence-corrected chi connectivity index (χ1v) is 7.08. The first-order chi connectivity index (χ1) is 9.60. The van der Waals surface area contributed by atoms with Crippen LogP contribution < -0.4 is 5.32 Å². The van der Waals surface area contributed by atoms with E-state index in [1.807, 2.05) is 6.92 Å². The maximum absolute atomic E-state index is 11.8. The molecule has 20 heavy (non-hydrogen) atoms. The van der Waals surface area contributed by atoms with E-state index >= 15 is 0 Å². The highest BCUT2D eigenvalue weighted by molar-refractivity contribution is 5.80. The van der Waals surface area contributed by atoms with Gasteiger partial charge in [-0.05, 0) is 26.3 Å². The standard InChI is InChI=1S/C14H29NO5/c1-5-7-15-14(2,13(16)18-4)12-20-11-10-19-9-6-8-17-3/h15H,5-12H2,1-4H3. The molecule has 0 fully saturated rings. The Morgan fingerprint density at radius 1 is 1.10 bits per heavy atom. The predicted octanol–water partition coefficient (Wildman–Crippen LogP) is 0.987. The average Bonchev–Trinajstić information content (AvgIpc) is 2.47. The summed E-state index contributed by atoms with van der Waals surface area (Å²) in [6.07, 6.45) is 1.81. The van der Waals surface area contributed by atoms with Gasteiger partial charge < -0.3 is 24.3 Å². The molecular weight excluding hydrogens is 262 g/mol. The van der Waals surface area contributed by atoms with Crippen LogP contribution in [0.1, 0.15) is 26.7 Å². The lowest BCUT2D eigenvalue weighted by Gasteiger charge is -2.27. The monoisotopic (exact) mass is 291 g/mol. The zero-order valence-corrected chi connectivity index (χ0v) is 13.2. The first kappa shape index (κ1) is 19.3. The van der Waals surface area contributed by atoms with E-state index in [4.69, 9.17) is 18.9 Å². The molecule has 120 valence electrons. The number of hydrogen-bond donors (Lipinski definition) is 1. The molecule has 0 heterocycles. The Morgan fingerprint density at radius 2 is 1.80 bits per heavy atom. The summed E-state index contributed by atoms with van der Waals surface area (Å²) in [6, 6.07) is 0. The Bertz CT molecular complexity index is 250. The average molecular weight is 291 g/mol. The van der Waals surface area contributed by atoms with Crippen molar-refractivity contribution in [3.63, 3.8) is 0 Å². The summed E-state index contributed by atoms with van der Waals surface area (Å²) in [7, 11) is 3.05. The minimum atomic E-state index is -0.805. The number of carbonyl (C=O) groups excluding carboxylic acids is 1. The summed E-state index contributed by atoms with van der Waals surface area (Å²) in [5, 5.41) is 3.16. The van der Waals surface area contributed by atoms with Gasteiger partial charge in [0.2, 0.25) is 0 Å². The maximum Gasteiger partial charge on any atom is 0.328 e. The van der Waals surface area contributed by atoms with Crippen molar-refractivity contribution < 1.29 is 23.7 Å². The molecule has 0 amide bonds. The van der Waals surface area contributed by atoms with Gasteiger partial charge in [0.15, 0.2) is 0 Å². The van der Waals surface area contributed by atoms with Crippen LogP contribution in [0.25, 0.3) is 0 Å². The molecule has 0 bridgehead atoms. The molecule has 6 nitrogen and oxygen atoms in total. The summed E-state index contributed by atoms with van der Waals surface area (Å²) >= 11 is 0. The van der Waals surface area contributed by atoms with Crippen molar-refractivity contribution >= 4 is 5.97 Å². The summed E-state index contributed by atoms with van der Waals surface area (Å²) in [6.45, 7) is 7.14. The molecule has 1 unspecified atom stereocenters. The Morgan fingerprint density at radius 3 is 2.40 bits per heavy atom. The minimum absolute atomic E-state index is 0.265. The highest BCUT2D eigenvalue weighted by Crippen LogP contribution is 2.07. The SMILES string of the molecule is CCCNC(C)(COCCOCCCOC)C(=O)OC. The molecule has 0 rings (SSSR count). The van der Waals surface area contributed by atoms with Gasteiger partial charge in [-0.25, -0.2) is 4.79 Å².